The number of hydrogen-bond acceptors (Lipinski definition) is 4. The number of rotatable bonds is 8. The second kappa shape index (κ2) is 7.20. The van der Waals surface area contributed by atoms with Gasteiger partial charge >= 0.3 is 0 Å². The number of unbranched alkanes of at least 4 members (excludes halogenated alkanes) is 2. The first-order valence-electron chi connectivity index (χ1n) is 7.70. The van der Waals surface area contributed by atoms with E-state index >= 15 is 0 Å². The number of nitrogens with zero attached hydrogens (tertiary/aromatic N) is 4. The van der Waals surface area contributed by atoms with Crippen LogP contribution in [0.15, 0.2) is 30.3 Å². The maximum absolute atomic E-state index is 4.08. The lowest BCUT2D eigenvalue weighted by Crippen LogP contribution is -2.24. The number of anilines is 1. The van der Waals surface area contributed by atoms with Crippen LogP contribution in [0.2, 0.25) is 0 Å². The fourth-order valence-corrected chi connectivity index (χ4v) is 2.30. The Kier molecular flexibility index (Phi) is 5.31. The molecule has 0 radical (unpaired) electrons. The summed E-state index contributed by atoms with van der Waals surface area (Å²) in [5, 5.41) is 15.3. The van der Waals surface area contributed by atoms with E-state index in [4.69, 9.17) is 0 Å². The van der Waals surface area contributed by atoms with Gasteiger partial charge in [-0.15, -0.1) is 0 Å². The molecule has 0 saturated heterocycles. The van der Waals surface area contributed by atoms with Gasteiger partial charge in [0.15, 0.2) is 0 Å². The normalized spacial score (nSPS) is 11.6. The van der Waals surface area contributed by atoms with Gasteiger partial charge in [0, 0.05) is 6.54 Å². The van der Waals surface area contributed by atoms with E-state index in [1.165, 1.54) is 25.7 Å². The molecular formula is C16H25N5. The molecule has 0 amide bonds. The maximum Gasteiger partial charge on any atom is 0.247 e. The van der Waals surface area contributed by atoms with Crippen molar-refractivity contribution in [1.29, 1.82) is 0 Å². The van der Waals surface area contributed by atoms with Gasteiger partial charge in [-0.25, -0.2) is 0 Å². The first kappa shape index (κ1) is 15.5. The van der Waals surface area contributed by atoms with Crippen molar-refractivity contribution in [2.45, 2.75) is 46.5 Å². The highest BCUT2D eigenvalue weighted by atomic mass is 15.6. The van der Waals surface area contributed by atoms with Crippen LogP contribution in [-0.2, 0) is 0 Å². The Labute approximate surface area is 126 Å². The van der Waals surface area contributed by atoms with Gasteiger partial charge in [0.25, 0.3) is 0 Å². The third-order valence-corrected chi connectivity index (χ3v) is 3.65. The van der Waals surface area contributed by atoms with Gasteiger partial charge in [-0.05, 0) is 34.4 Å². The largest absolute Gasteiger partial charge is 0.352 e. The van der Waals surface area contributed by atoms with Crippen molar-refractivity contribution in [3.63, 3.8) is 0 Å². The number of benzene rings is 1. The molecule has 0 atom stereocenters. The molecule has 0 aliphatic rings. The smallest absolute Gasteiger partial charge is 0.247 e. The van der Waals surface area contributed by atoms with Gasteiger partial charge in [0.2, 0.25) is 5.95 Å². The Hall–Kier alpha value is -1.91. The third-order valence-electron chi connectivity index (χ3n) is 3.65. The first-order valence-corrected chi connectivity index (χ1v) is 7.70. The van der Waals surface area contributed by atoms with Crippen LogP contribution in [0.4, 0.5) is 5.95 Å². The van der Waals surface area contributed by atoms with Gasteiger partial charge < -0.3 is 5.32 Å². The van der Waals surface area contributed by atoms with E-state index in [2.05, 4.69) is 41.6 Å². The standard InChI is InChI=1S/C16H25N5/c1-4-5-9-12-16(2,3)13-17-15-18-19-20-21(15)14-10-7-6-8-11-14/h6-8,10-11H,4-5,9,12-13H2,1-3H3,(H,17,18,20). The van der Waals surface area contributed by atoms with E-state index in [9.17, 15) is 0 Å². The second-order valence-electron chi connectivity index (χ2n) is 6.22. The maximum atomic E-state index is 4.08. The van der Waals surface area contributed by atoms with E-state index in [-0.39, 0.29) is 5.41 Å². The highest BCUT2D eigenvalue weighted by Gasteiger charge is 2.18. The van der Waals surface area contributed by atoms with Crippen LogP contribution >= 0.6 is 0 Å². The van der Waals surface area contributed by atoms with E-state index < -0.39 is 0 Å². The summed E-state index contributed by atoms with van der Waals surface area (Å²) in [5.74, 6) is 0.699. The number of hydrogen-bond donors (Lipinski definition) is 1. The van der Waals surface area contributed by atoms with E-state index in [0.29, 0.717) is 5.95 Å². The van der Waals surface area contributed by atoms with Crippen LogP contribution in [0.25, 0.3) is 5.69 Å². The minimum absolute atomic E-state index is 0.239. The second-order valence-corrected chi connectivity index (χ2v) is 6.22. The summed E-state index contributed by atoms with van der Waals surface area (Å²) in [7, 11) is 0. The first-order chi connectivity index (χ1) is 10.1. The summed E-state index contributed by atoms with van der Waals surface area (Å²) in [6.07, 6.45) is 5.04. The molecule has 0 fully saturated rings. The Morgan fingerprint density at radius 2 is 1.90 bits per heavy atom. The molecule has 0 aliphatic heterocycles. The van der Waals surface area contributed by atoms with Crippen molar-refractivity contribution in [2.24, 2.45) is 5.41 Å². The van der Waals surface area contributed by atoms with Gasteiger partial charge in [-0.1, -0.05) is 63.3 Å². The minimum atomic E-state index is 0.239. The van der Waals surface area contributed by atoms with Crippen LogP contribution in [0.1, 0.15) is 46.5 Å². The molecule has 0 aliphatic carbocycles. The molecule has 0 spiro atoms. The van der Waals surface area contributed by atoms with Crippen molar-refractivity contribution in [3.05, 3.63) is 30.3 Å². The summed E-state index contributed by atoms with van der Waals surface area (Å²) in [6.45, 7) is 7.67. The quantitative estimate of drug-likeness (QED) is 0.752. The van der Waals surface area contributed by atoms with Crippen LogP contribution in [0, 0.1) is 5.41 Å². The van der Waals surface area contributed by atoms with E-state index in [1.54, 1.807) is 4.68 Å². The highest BCUT2D eigenvalue weighted by Crippen LogP contribution is 2.24. The van der Waals surface area contributed by atoms with Crippen molar-refractivity contribution >= 4 is 5.95 Å². The Morgan fingerprint density at radius 3 is 2.62 bits per heavy atom. The molecule has 1 N–H and O–H groups in total. The van der Waals surface area contributed by atoms with Gasteiger partial charge in [0.05, 0.1) is 5.69 Å². The molecule has 21 heavy (non-hydrogen) atoms. The van der Waals surface area contributed by atoms with Crippen LogP contribution < -0.4 is 5.32 Å². The van der Waals surface area contributed by atoms with Crippen molar-refractivity contribution in [3.8, 4) is 5.69 Å². The zero-order valence-corrected chi connectivity index (χ0v) is 13.2. The topological polar surface area (TPSA) is 55.6 Å². The molecule has 0 bridgehead atoms. The minimum Gasteiger partial charge on any atom is -0.352 e. The molecule has 5 heteroatoms. The molecule has 2 aromatic rings. The summed E-state index contributed by atoms with van der Waals surface area (Å²) >= 11 is 0. The van der Waals surface area contributed by atoms with Gasteiger partial charge in [-0.2, -0.15) is 4.68 Å². The molecular weight excluding hydrogens is 262 g/mol. The zero-order chi connectivity index (χ0) is 15.1. The molecule has 2 rings (SSSR count). The average molecular weight is 287 g/mol. The molecule has 1 heterocycles. The van der Waals surface area contributed by atoms with Crippen LogP contribution in [0.5, 0.6) is 0 Å². The number of aromatic nitrogens is 4. The predicted molar refractivity (Wildman–Crippen MR) is 85.6 cm³/mol. The summed E-state index contributed by atoms with van der Waals surface area (Å²) in [4.78, 5) is 0. The zero-order valence-electron chi connectivity index (χ0n) is 13.2. The lowest BCUT2D eigenvalue weighted by atomic mass is 9.87. The Morgan fingerprint density at radius 1 is 1.14 bits per heavy atom. The van der Waals surface area contributed by atoms with Crippen LogP contribution in [0.3, 0.4) is 0 Å². The lowest BCUT2D eigenvalue weighted by Gasteiger charge is -2.25. The number of tetrazole rings is 1. The summed E-state index contributed by atoms with van der Waals surface area (Å²) in [5.41, 5.74) is 1.21. The van der Waals surface area contributed by atoms with Crippen LogP contribution in [-0.4, -0.2) is 26.8 Å². The summed E-state index contributed by atoms with van der Waals surface area (Å²) < 4.78 is 1.74. The molecule has 114 valence electrons. The summed E-state index contributed by atoms with van der Waals surface area (Å²) in [6, 6.07) is 9.94. The highest BCUT2D eigenvalue weighted by molar-refractivity contribution is 5.38. The predicted octanol–water partition coefficient (Wildman–Crippen LogP) is 3.68. The molecule has 0 unspecified atom stereocenters. The Balaban J connectivity index is 1.97. The third kappa shape index (κ3) is 4.55. The molecule has 1 aromatic heterocycles. The monoisotopic (exact) mass is 287 g/mol. The average Bonchev–Trinajstić information content (AvgIpc) is 2.95. The fourth-order valence-electron chi connectivity index (χ4n) is 2.30. The fraction of sp³-hybridized carbons (Fsp3) is 0.562. The number of para-hydroxylation sites is 1. The van der Waals surface area contributed by atoms with Crippen molar-refractivity contribution in [1.82, 2.24) is 20.2 Å². The van der Waals surface area contributed by atoms with E-state index in [1.807, 2.05) is 30.3 Å². The van der Waals surface area contributed by atoms with E-state index in [0.717, 1.165) is 12.2 Å². The number of nitrogens with one attached hydrogen (secondary N) is 1. The molecule has 0 saturated carbocycles. The SMILES string of the molecule is CCCCCC(C)(C)CNc1nnnn1-c1ccccc1. The van der Waals surface area contributed by atoms with Crippen molar-refractivity contribution in [2.75, 3.05) is 11.9 Å². The molecule has 5 nitrogen and oxygen atoms in total. The lowest BCUT2D eigenvalue weighted by molar-refractivity contribution is 0.341. The molecule has 1 aromatic carbocycles. The Bertz CT molecular complexity index is 533. The van der Waals surface area contributed by atoms with Gasteiger partial charge in [0.1, 0.15) is 0 Å². The van der Waals surface area contributed by atoms with Gasteiger partial charge in [-0.3, -0.25) is 0 Å². The van der Waals surface area contributed by atoms with Crippen molar-refractivity contribution < 1.29 is 0 Å².